The van der Waals surface area contributed by atoms with E-state index in [2.05, 4.69) is 9.89 Å². The van der Waals surface area contributed by atoms with Crippen LogP contribution < -0.4 is 5.73 Å². The van der Waals surface area contributed by atoms with Crippen LogP contribution >= 0.6 is 47.2 Å². The van der Waals surface area contributed by atoms with E-state index in [0.29, 0.717) is 34.0 Å². The van der Waals surface area contributed by atoms with Crippen molar-refractivity contribution < 1.29 is 0 Å². The number of hydrogen-bond acceptors (Lipinski definition) is 1. The van der Waals surface area contributed by atoms with E-state index in [0.717, 1.165) is 6.42 Å². The maximum atomic E-state index is 6.04. The van der Waals surface area contributed by atoms with Gasteiger partial charge >= 0.3 is 0 Å². The molecule has 20 heavy (non-hydrogen) atoms. The highest BCUT2D eigenvalue weighted by Gasteiger charge is 2.39. The van der Waals surface area contributed by atoms with Crippen molar-refractivity contribution in [3.63, 3.8) is 0 Å². The number of nitrogens with two attached hydrogens (primary N) is 1. The quantitative estimate of drug-likeness (QED) is 0.453. The monoisotopic (exact) mass is 425 g/mol. The maximum absolute atomic E-state index is 6.04. The molecule has 2 atom stereocenters. The molecule has 3 rings (SSSR count). The third-order valence-corrected chi connectivity index (χ3v) is 4.62. The zero-order valence-corrected chi connectivity index (χ0v) is 15.1. The van der Waals surface area contributed by atoms with E-state index in [1.54, 1.807) is 0 Å². The summed E-state index contributed by atoms with van der Waals surface area (Å²) in [6.07, 6.45) is 3.50. The number of nitrogens with zero attached hydrogens (tertiary/aromatic N) is 2. The summed E-state index contributed by atoms with van der Waals surface area (Å²) < 4.78 is 0. The Morgan fingerprint density at radius 1 is 1.30 bits per heavy atom. The topological polar surface area (TPSA) is 41.6 Å². The van der Waals surface area contributed by atoms with Crippen molar-refractivity contribution in [1.82, 2.24) is 4.90 Å². The van der Waals surface area contributed by atoms with Crippen LogP contribution in [0.5, 0.6) is 0 Å². The predicted octanol–water partition coefficient (Wildman–Crippen LogP) is 3.88. The SMILES string of the molecule is CN(C(N)=N[C@@H]1C[C@H]1c1ccc(Cl)c(Cl)c1)C1CC1.I. The molecule has 6 heteroatoms. The van der Waals surface area contributed by atoms with Gasteiger partial charge in [-0.05, 0) is 37.0 Å². The molecule has 110 valence electrons. The molecule has 0 saturated heterocycles. The first-order valence-corrected chi connectivity index (χ1v) is 7.33. The molecule has 2 N–H and O–H groups in total. The molecule has 3 nitrogen and oxygen atoms in total. The van der Waals surface area contributed by atoms with Crippen molar-refractivity contribution in [3.05, 3.63) is 33.8 Å². The summed E-state index contributed by atoms with van der Waals surface area (Å²) in [5.41, 5.74) is 7.22. The first-order valence-electron chi connectivity index (χ1n) is 6.57. The Hall–Kier alpha value is -0.200. The van der Waals surface area contributed by atoms with Crippen molar-refractivity contribution in [3.8, 4) is 0 Å². The molecular formula is C14H18Cl2IN3. The Kier molecular flexibility index (Phi) is 5.08. The van der Waals surface area contributed by atoms with Gasteiger partial charge in [0.05, 0.1) is 16.1 Å². The number of guanidine groups is 1. The van der Waals surface area contributed by atoms with Crippen LogP contribution in [0.2, 0.25) is 10.0 Å². The van der Waals surface area contributed by atoms with Crippen LogP contribution in [0.3, 0.4) is 0 Å². The highest BCUT2D eigenvalue weighted by molar-refractivity contribution is 14.0. The van der Waals surface area contributed by atoms with E-state index in [-0.39, 0.29) is 24.0 Å². The van der Waals surface area contributed by atoms with Gasteiger partial charge in [0.15, 0.2) is 5.96 Å². The van der Waals surface area contributed by atoms with Gasteiger partial charge in [0.25, 0.3) is 0 Å². The molecule has 1 aromatic rings. The van der Waals surface area contributed by atoms with Crippen LogP contribution in [0.15, 0.2) is 23.2 Å². The summed E-state index contributed by atoms with van der Waals surface area (Å²) in [5, 5.41) is 1.20. The molecule has 0 radical (unpaired) electrons. The Morgan fingerprint density at radius 3 is 2.60 bits per heavy atom. The number of aliphatic imine (C=N–C) groups is 1. The van der Waals surface area contributed by atoms with Crippen LogP contribution in [-0.2, 0) is 0 Å². The van der Waals surface area contributed by atoms with Gasteiger partial charge in [0.2, 0.25) is 0 Å². The zero-order valence-electron chi connectivity index (χ0n) is 11.2. The average Bonchev–Trinajstić information content (AvgIpc) is 3.24. The lowest BCUT2D eigenvalue weighted by Gasteiger charge is -2.16. The van der Waals surface area contributed by atoms with Gasteiger partial charge in [0.1, 0.15) is 0 Å². The summed E-state index contributed by atoms with van der Waals surface area (Å²) in [4.78, 5) is 6.69. The van der Waals surface area contributed by atoms with E-state index in [1.165, 1.54) is 18.4 Å². The minimum Gasteiger partial charge on any atom is -0.370 e. The van der Waals surface area contributed by atoms with Crippen LogP contribution in [0.25, 0.3) is 0 Å². The summed E-state index contributed by atoms with van der Waals surface area (Å²) in [6, 6.07) is 6.70. The number of halogens is 3. The lowest BCUT2D eigenvalue weighted by atomic mass is 10.1. The lowest BCUT2D eigenvalue weighted by Crippen LogP contribution is -2.36. The molecule has 0 aromatic heterocycles. The molecule has 0 amide bonds. The summed E-state index contributed by atoms with van der Waals surface area (Å²) in [5.74, 6) is 1.09. The van der Waals surface area contributed by atoms with E-state index in [4.69, 9.17) is 28.9 Å². The van der Waals surface area contributed by atoms with Gasteiger partial charge in [0, 0.05) is 19.0 Å². The fourth-order valence-corrected chi connectivity index (χ4v) is 2.64. The molecule has 0 unspecified atom stereocenters. The normalized spacial score (nSPS) is 25.1. The molecule has 0 bridgehead atoms. The fraction of sp³-hybridized carbons (Fsp3) is 0.500. The van der Waals surface area contributed by atoms with Crippen molar-refractivity contribution in [2.24, 2.45) is 10.7 Å². The van der Waals surface area contributed by atoms with Gasteiger partial charge in [-0.15, -0.1) is 24.0 Å². The molecule has 2 fully saturated rings. The van der Waals surface area contributed by atoms with E-state index >= 15 is 0 Å². The number of rotatable bonds is 3. The van der Waals surface area contributed by atoms with Gasteiger partial charge < -0.3 is 10.6 Å². The van der Waals surface area contributed by atoms with Crippen LogP contribution in [0.1, 0.15) is 30.7 Å². The summed E-state index contributed by atoms with van der Waals surface area (Å²) in [6.45, 7) is 0. The van der Waals surface area contributed by atoms with Gasteiger partial charge in [-0.1, -0.05) is 29.3 Å². The third-order valence-electron chi connectivity index (χ3n) is 3.88. The lowest BCUT2D eigenvalue weighted by molar-refractivity contribution is 0.487. The number of benzene rings is 1. The zero-order chi connectivity index (χ0) is 13.6. The smallest absolute Gasteiger partial charge is 0.191 e. The Balaban J connectivity index is 0.00000147. The first kappa shape index (κ1) is 16.2. The van der Waals surface area contributed by atoms with Crippen LogP contribution in [0.4, 0.5) is 0 Å². The van der Waals surface area contributed by atoms with Gasteiger partial charge in [-0.25, -0.2) is 4.99 Å². The van der Waals surface area contributed by atoms with Crippen LogP contribution in [-0.4, -0.2) is 30.0 Å². The Bertz CT molecular complexity index is 531. The highest BCUT2D eigenvalue weighted by atomic mass is 127. The first-order chi connectivity index (χ1) is 9.06. The second kappa shape index (κ2) is 6.28. The molecule has 0 heterocycles. The molecule has 1 aromatic carbocycles. The van der Waals surface area contributed by atoms with Crippen molar-refractivity contribution in [1.29, 1.82) is 0 Å². The third kappa shape index (κ3) is 3.52. The molecule has 2 aliphatic carbocycles. The largest absolute Gasteiger partial charge is 0.370 e. The second-order valence-electron chi connectivity index (χ2n) is 5.41. The van der Waals surface area contributed by atoms with Gasteiger partial charge in [-0.3, -0.25) is 0 Å². The molecule has 0 aliphatic heterocycles. The van der Waals surface area contributed by atoms with Gasteiger partial charge in [-0.2, -0.15) is 0 Å². The van der Waals surface area contributed by atoms with E-state index in [1.807, 2.05) is 25.2 Å². The molecular weight excluding hydrogens is 408 g/mol. The minimum absolute atomic E-state index is 0. The van der Waals surface area contributed by atoms with Crippen molar-refractivity contribution in [2.75, 3.05) is 7.05 Å². The summed E-state index contributed by atoms with van der Waals surface area (Å²) in [7, 11) is 2.02. The van der Waals surface area contributed by atoms with Crippen LogP contribution in [0, 0.1) is 0 Å². The molecule has 0 spiro atoms. The van der Waals surface area contributed by atoms with Crippen molar-refractivity contribution in [2.45, 2.75) is 37.3 Å². The molecule has 2 saturated carbocycles. The Labute approximate surface area is 146 Å². The van der Waals surface area contributed by atoms with E-state index in [9.17, 15) is 0 Å². The minimum atomic E-state index is 0. The predicted molar refractivity (Wildman–Crippen MR) is 95.4 cm³/mol. The summed E-state index contributed by atoms with van der Waals surface area (Å²) >= 11 is 12.0. The fourth-order valence-electron chi connectivity index (χ4n) is 2.34. The standard InChI is InChI=1S/C14H17Cl2N3.HI/c1-19(9-3-4-9)14(17)18-13-7-10(13)8-2-5-11(15)12(16)6-8;/h2,5-6,9-10,13H,3-4,7H2,1H3,(H2,17,18);1H/t10-,13+;/m0./s1. The second-order valence-corrected chi connectivity index (χ2v) is 6.23. The highest BCUT2D eigenvalue weighted by Crippen LogP contribution is 2.45. The average molecular weight is 426 g/mol. The number of hydrogen-bond donors (Lipinski definition) is 1. The Morgan fingerprint density at radius 2 is 2.00 bits per heavy atom. The maximum Gasteiger partial charge on any atom is 0.191 e. The molecule has 2 aliphatic rings. The van der Waals surface area contributed by atoms with E-state index < -0.39 is 0 Å². The van der Waals surface area contributed by atoms with Crippen molar-refractivity contribution >= 4 is 53.1 Å².